The second-order valence-corrected chi connectivity index (χ2v) is 7.75. The van der Waals surface area contributed by atoms with E-state index in [4.69, 9.17) is 0 Å². The molecule has 21 heavy (non-hydrogen) atoms. The van der Waals surface area contributed by atoms with Crippen LogP contribution >= 0.6 is 0 Å². The molecule has 0 radical (unpaired) electrons. The van der Waals surface area contributed by atoms with Crippen LogP contribution in [0.4, 0.5) is 5.69 Å². The molecule has 2 rings (SSSR count). The Kier molecular flexibility index (Phi) is 5.27. The van der Waals surface area contributed by atoms with Crippen LogP contribution < -0.4 is 10.0 Å². The third-order valence-electron chi connectivity index (χ3n) is 4.56. The largest absolute Gasteiger partial charge is 0.381 e. The molecule has 2 N–H and O–H groups in total. The van der Waals surface area contributed by atoms with Gasteiger partial charge in [-0.3, -0.25) is 0 Å². The molecule has 1 aliphatic carbocycles. The lowest BCUT2D eigenvalue weighted by Crippen LogP contribution is -2.35. The summed E-state index contributed by atoms with van der Waals surface area (Å²) in [5.74, 6) is 1.22. The number of benzene rings is 1. The lowest BCUT2D eigenvalue weighted by atomic mass is 9.78. The maximum atomic E-state index is 12.3. The van der Waals surface area contributed by atoms with Crippen LogP contribution in [0.5, 0.6) is 0 Å². The van der Waals surface area contributed by atoms with Crippen LogP contribution in [0.3, 0.4) is 0 Å². The van der Waals surface area contributed by atoms with Gasteiger partial charge in [-0.25, -0.2) is 13.1 Å². The van der Waals surface area contributed by atoms with Crippen LogP contribution in [0.1, 0.15) is 40.0 Å². The van der Waals surface area contributed by atoms with Crippen molar-refractivity contribution in [1.82, 2.24) is 4.72 Å². The first-order chi connectivity index (χ1) is 9.95. The Morgan fingerprint density at radius 2 is 1.90 bits per heavy atom. The topological polar surface area (TPSA) is 58.2 Å². The maximum absolute atomic E-state index is 12.3. The molecule has 1 aromatic rings. The smallest absolute Gasteiger partial charge is 0.242 e. The van der Waals surface area contributed by atoms with Gasteiger partial charge in [-0.05, 0) is 30.4 Å². The monoisotopic (exact) mass is 310 g/mol. The minimum absolute atomic E-state index is 0.340. The van der Waals surface area contributed by atoms with E-state index in [-0.39, 0.29) is 0 Å². The molecule has 0 saturated heterocycles. The number of nitrogens with one attached hydrogen (secondary N) is 2. The van der Waals surface area contributed by atoms with E-state index in [1.54, 1.807) is 19.1 Å². The van der Waals surface area contributed by atoms with Crippen molar-refractivity contribution in [2.45, 2.75) is 51.0 Å². The fraction of sp³-hybridized carbons (Fsp3) is 0.625. The van der Waals surface area contributed by atoms with E-state index in [9.17, 15) is 8.42 Å². The lowest BCUT2D eigenvalue weighted by molar-refractivity contribution is 0.253. The summed E-state index contributed by atoms with van der Waals surface area (Å²) in [4.78, 5) is 0.345. The summed E-state index contributed by atoms with van der Waals surface area (Å²) in [7, 11) is -3.44. The van der Waals surface area contributed by atoms with Crippen LogP contribution in [0, 0.1) is 11.8 Å². The molecule has 0 heterocycles. The van der Waals surface area contributed by atoms with Gasteiger partial charge in [-0.1, -0.05) is 45.7 Å². The van der Waals surface area contributed by atoms with Crippen molar-refractivity contribution in [3.05, 3.63) is 24.3 Å². The summed E-state index contributed by atoms with van der Waals surface area (Å²) in [6.45, 7) is 6.72. The molecule has 0 aliphatic heterocycles. The van der Waals surface area contributed by atoms with Crippen molar-refractivity contribution in [2.24, 2.45) is 11.8 Å². The van der Waals surface area contributed by atoms with Crippen molar-refractivity contribution < 1.29 is 8.42 Å². The highest BCUT2D eigenvalue weighted by molar-refractivity contribution is 7.89. The molecule has 5 heteroatoms. The third-order valence-corrected chi connectivity index (χ3v) is 6.16. The molecule has 4 nitrogen and oxygen atoms in total. The predicted molar refractivity (Wildman–Crippen MR) is 86.9 cm³/mol. The van der Waals surface area contributed by atoms with Gasteiger partial charge in [-0.2, -0.15) is 0 Å². The summed E-state index contributed by atoms with van der Waals surface area (Å²) in [6, 6.07) is 7.51. The van der Waals surface area contributed by atoms with E-state index in [0.29, 0.717) is 35.0 Å². The Balaban J connectivity index is 2.25. The number of hydrogen-bond acceptors (Lipinski definition) is 3. The first kappa shape index (κ1) is 16.3. The highest BCUT2D eigenvalue weighted by Gasteiger charge is 2.28. The van der Waals surface area contributed by atoms with Gasteiger partial charge in [0.1, 0.15) is 4.90 Å². The Morgan fingerprint density at radius 1 is 1.19 bits per heavy atom. The van der Waals surface area contributed by atoms with Gasteiger partial charge < -0.3 is 5.32 Å². The van der Waals surface area contributed by atoms with Crippen molar-refractivity contribution in [1.29, 1.82) is 0 Å². The van der Waals surface area contributed by atoms with Crippen LogP contribution in [-0.2, 0) is 10.0 Å². The quantitative estimate of drug-likeness (QED) is 0.878. The molecule has 1 aliphatic rings. The number of para-hydroxylation sites is 1. The number of rotatable bonds is 5. The zero-order valence-electron chi connectivity index (χ0n) is 13.1. The van der Waals surface area contributed by atoms with Gasteiger partial charge in [0.15, 0.2) is 0 Å². The number of hydrogen-bond donors (Lipinski definition) is 2. The Hall–Kier alpha value is -1.07. The molecule has 1 fully saturated rings. The third kappa shape index (κ3) is 3.77. The van der Waals surface area contributed by atoms with Gasteiger partial charge in [0.25, 0.3) is 0 Å². The molecule has 1 saturated carbocycles. The van der Waals surface area contributed by atoms with Gasteiger partial charge >= 0.3 is 0 Å². The SMILES string of the molecule is CCNS(=O)(=O)c1ccccc1NC1CCCC(C)C1C. The first-order valence-corrected chi connectivity index (χ1v) is 9.29. The number of sulfonamides is 1. The molecule has 118 valence electrons. The maximum Gasteiger partial charge on any atom is 0.242 e. The van der Waals surface area contributed by atoms with E-state index >= 15 is 0 Å². The fourth-order valence-corrected chi connectivity index (χ4v) is 4.28. The Morgan fingerprint density at radius 3 is 2.62 bits per heavy atom. The average molecular weight is 310 g/mol. The minimum Gasteiger partial charge on any atom is -0.381 e. The van der Waals surface area contributed by atoms with Crippen LogP contribution in [0.2, 0.25) is 0 Å². The van der Waals surface area contributed by atoms with Crippen molar-refractivity contribution in [2.75, 3.05) is 11.9 Å². The van der Waals surface area contributed by atoms with E-state index < -0.39 is 10.0 Å². The molecular formula is C16H26N2O2S. The van der Waals surface area contributed by atoms with Gasteiger partial charge in [-0.15, -0.1) is 0 Å². The highest BCUT2D eigenvalue weighted by atomic mass is 32.2. The molecule has 3 unspecified atom stereocenters. The summed E-state index contributed by atoms with van der Waals surface area (Å²) in [6.07, 6.45) is 3.56. The Labute approximate surface area is 128 Å². The summed E-state index contributed by atoms with van der Waals surface area (Å²) in [5.41, 5.74) is 0.712. The molecule has 0 bridgehead atoms. The van der Waals surface area contributed by atoms with E-state index in [0.717, 1.165) is 6.42 Å². The standard InChI is InChI=1S/C16H26N2O2S/c1-4-17-21(19,20)16-11-6-5-9-15(16)18-14-10-7-8-12(2)13(14)3/h5-6,9,11-14,17-18H,4,7-8,10H2,1-3H3. The molecular weight excluding hydrogens is 284 g/mol. The minimum atomic E-state index is -3.44. The van der Waals surface area contributed by atoms with Crippen molar-refractivity contribution >= 4 is 15.7 Å². The van der Waals surface area contributed by atoms with E-state index in [1.165, 1.54) is 12.8 Å². The summed E-state index contributed by atoms with van der Waals surface area (Å²) < 4.78 is 27.1. The van der Waals surface area contributed by atoms with Crippen molar-refractivity contribution in [3.63, 3.8) is 0 Å². The molecule has 0 amide bonds. The second kappa shape index (κ2) is 6.79. The van der Waals surface area contributed by atoms with E-state index in [2.05, 4.69) is 23.9 Å². The van der Waals surface area contributed by atoms with Crippen molar-refractivity contribution in [3.8, 4) is 0 Å². The number of anilines is 1. The summed E-state index contributed by atoms with van der Waals surface area (Å²) >= 11 is 0. The molecule has 0 spiro atoms. The average Bonchev–Trinajstić information content (AvgIpc) is 2.44. The fourth-order valence-electron chi connectivity index (χ4n) is 3.07. The second-order valence-electron chi connectivity index (χ2n) is 6.02. The Bertz CT molecular complexity index is 571. The van der Waals surface area contributed by atoms with Crippen LogP contribution in [0.25, 0.3) is 0 Å². The zero-order valence-corrected chi connectivity index (χ0v) is 13.9. The predicted octanol–water partition coefficient (Wildman–Crippen LogP) is 3.22. The zero-order chi connectivity index (χ0) is 15.5. The van der Waals surface area contributed by atoms with Gasteiger partial charge in [0.2, 0.25) is 10.0 Å². The molecule has 3 atom stereocenters. The van der Waals surface area contributed by atoms with Gasteiger partial charge in [0, 0.05) is 12.6 Å². The van der Waals surface area contributed by atoms with Crippen LogP contribution in [-0.4, -0.2) is 21.0 Å². The molecule has 0 aromatic heterocycles. The summed E-state index contributed by atoms with van der Waals surface area (Å²) in [5, 5.41) is 3.47. The van der Waals surface area contributed by atoms with Crippen LogP contribution in [0.15, 0.2) is 29.2 Å². The highest BCUT2D eigenvalue weighted by Crippen LogP contribution is 2.33. The van der Waals surface area contributed by atoms with E-state index in [1.807, 2.05) is 12.1 Å². The molecule has 1 aromatic carbocycles. The lowest BCUT2D eigenvalue weighted by Gasteiger charge is -2.35. The normalized spacial score (nSPS) is 26.5. The first-order valence-electron chi connectivity index (χ1n) is 7.81. The van der Waals surface area contributed by atoms with Gasteiger partial charge in [0.05, 0.1) is 5.69 Å².